The molecule has 0 aliphatic rings. The standard InChI is InChI=1S/C20H16BrNO2/c1-14-5-2-6-15(11-14)13-24-17-8-3-7-16(12-17)19(23)18-9-4-10-22-20(18)21/h2-12H,13H2,1H3. The molecule has 120 valence electrons. The highest BCUT2D eigenvalue weighted by Crippen LogP contribution is 2.21. The van der Waals surface area contributed by atoms with Crippen LogP contribution in [-0.2, 0) is 6.61 Å². The van der Waals surface area contributed by atoms with Gasteiger partial charge in [-0.3, -0.25) is 4.79 Å². The number of halogens is 1. The molecule has 3 aromatic rings. The summed E-state index contributed by atoms with van der Waals surface area (Å²) in [6, 6.07) is 18.9. The highest BCUT2D eigenvalue weighted by molar-refractivity contribution is 9.10. The topological polar surface area (TPSA) is 39.2 Å². The number of aryl methyl sites for hydroxylation is 1. The van der Waals surface area contributed by atoms with Crippen molar-refractivity contribution in [3.63, 3.8) is 0 Å². The largest absolute Gasteiger partial charge is 0.489 e. The second kappa shape index (κ2) is 7.41. The molecule has 3 nitrogen and oxygen atoms in total. The van der Waals surface area contributed by atoms with Crippen molar-refractivity contribution in [3.05, 3.63) is 93.7 Å². The van der Waals surface area contributed by atoms with Gasteiger partial charge in [0.1, 0.15) is 17.0 Å². The fourth-order valence-corrected chi connectivity index (χ4v) is 2.84. The fraction of sp³-hybridized carbons (Fsp3) is 0.100. The van der Waals surface area contributed by atoms with Gasteiger partial charge in [-0.25, -0.2) is 4.98 Å². The van der Waals surface area contributed by atoms with Gasteiger partial charge in [-0.1, -0.05) is 42.0 Å². The number of pyridine rings is 1. The van der Waals surface area contributed by atoms with E-state index in [-0.39, 0.29) is 5.78 Å². The van der Waals surface area contributed by atoms with E-state index in [2.05, 4.69) is 40.0 Å². The Balaban J connectivity index is 1.77. The van der Waals surface area contributed by atoms with E-state index in [4.69, 9.17) is 4.74 Å². The first-order chi connectivity index (χ1) is 11.6. The molecule has 4 heteroatoms. The number of carbonyl (C=O) groups is 1. The number of aromatic nitrogens is 1. The lowest BCUT2D eigenvalue weighted by molar-refractivity contribution is 0.103. The number of hydrogen-bond acceptors (Lipinski definition) is 3. The number of carbonyl (C=O) groups excluding carboxylic acids is 1. The minimum atomic E-state index is -0.0871. The summed E-state index contributed by atoms with van der Waals surface area (Å²) in [4.78, 5) is 16.7. The molecular weight excluding hydrogens is 366 g/mol. The van der Waals surface area contributed by atoms with Crippen LogP contribution >= 0.6 is 15.9 Å². The molecule has 0 aliphatic carbocycles. The predicted molar refractivity (Wildman–Crippen MR) is 97.3 cm³/mol. The number of rotatable bonds is 5. The summed E-state index contributed by atoms with van der Waals surface area (Å²) in [5.74, 6) is 0.582. The second-order valence-corrected chi connectivity index (χ2v) is 6.23. The van der Waals surface area contributed by atoms with Crippen LogP contribution in [0.4, 0.5) is 0 Å². The van der Waals surface area contributed by atoms with Crippen LogP contribution in [0.3, 0.4) is 0 Å². The van der Waals surface area contributed by atoms with Crippen molar-refractivity contribution in [2.24, 2.45) is 0 Å². The quantitative estimate of drug-likeness (QED) is 0.462. The lowest BCUT2D eigenvalue weighted by atomic mass is 10.0. The zero-order valence-corrected chi connectivity index (χ0v) is 14.8. The van der Waals surface area contributed by atoms with Gasteiger partial charge in [-0.15, -0.1) is 0 Å². The third-order valence-corrected chi connectivity index (χ3v) is 4.22. The first-order valence-corrected chi connectivity index (χ1v) is 8.36. The molecule has 0 saturated carbocycles. The van der Waals surface area contributed by atoms with Crippen molar-refractivity contribution < 1.29 is 9.53 Å². The number of nitrogens with zero attached hydrogens (tertiary/aromatic N) is 1. The fourth-order valence-electron chi connectivity index (χ4n) is 2.41. The van der Waals surface area contributed by atoms with Gasteiger partial charge >= 0.3 is 0 Å². The molecule has 0 saturated heterocycles. The summed E-state index contributed by atoms with van der Waals surface area (Å²) in [5, 5.41) is 0. The van der Waals surface area contributed by atoms with Gasteiger partial charge in [-0.05, 0) is 52.7 Å². The summed E-state index contributed by atoms with van der Waals surface area (Å²) in [6.07, 6.45) is 1.64. The van der Waals surface area contributed by atoms with E-state index >= 15 is 0 Å². The van der Waals surface area contributed by atoms with E-state index in [0.29, 0.717) is 28.1 Å². The molecule has 0 fully saturated rings. The van der Waals surface area contributed by atoms with Crippen molar-refractivity contribution >= 4 is 21.7 Å². The number of hydrogen-bond donors (Lipinski definition) is 0. The van der Waals surface area contributed by atoms with E-state index in [9.17, 15) is 4.79 Å². The zero-order valence-electron chi connectivity index (χ0n) is 13.2. The van der Waals surface area contributed by atoms with Crippen molar-refractivity contribution in [3.8, 4) is 5.75 Å². The third-order valence-electron chi connectivity index (χ3n) is 3.59. The average molecular weight is 382 g/mol. The minimum Gasteiger partial charge on any atom is -0.489 e. The number of ketones is 1. The van der Waals surface area contributed by atoms with Gasteiger partial charge in [0, 0.05) is 11.8 Å². The Morgan fingerprint density at radius 3 is 2.71 bits per heavy atom. The van der Waals surface area contributed by atoms with Crippen LogP contribution in [0.15, 0.2) is 71.5 Å². The Labute approximate surface area is 149 Å². The minimum absolute atomic E-state index is 0.0871. The van der Waals surface area contributed by atoms with Gasteiger partial charge in [0.25, 0.3) is 0 Å². The molecule has 0 unspecified atom stereocenters. The molecule has 0 spiro atoms. The molecule has 0 amide bonds. The second-order valence-electron chi connectivity index (χ2n) is 5.48. The van der Waals surface area contributed by atoms with Crippen molar-refractivity contribution in [1.29, 1.82) is 0 Å². The van der Waals surface area contributed by atoms with E-state index in [1.54, 1.807) is 30.5 Å². The maximum Gasteiger partial charge on any atom is 0.195 e. The first kappa shape index (κ1) is 16.4. The zero-order chi connectivity index (χ0) is 16.9. The Morgan fingerprint density at radius 1 is 1.08 bits per heavy atom. The Bertz CT molecular complexity index is 877. The molecule has 24 heavy (non-hydrogen) atoms. The lowest BCUT2D eigenvalue weighted by Crippen LogP contribution is -2.04. The smallest absolute Gasteiger partial charge is 0.195 e. The van der Waals surface area contributed by atoms with Crippen LogP contribution in [0.1, 0.15) is 27.0 Å². The highest BCUT2D eigenvalue weighted by Gasteiger charge is 2.13. The summed E-state index contributed by atoms with van der Waals surface area (Å²) in [6.45, 7) is 2.52. The van der Waals surface area contributed by atoms with Gasteiger partial charge in [0.2, 0.25) is 0 Å². The normalized spacial score (nSPS) is 10.4. The van der Waals surface area contributed by atoms with E-state index < -0.39 is 0 Å². The Kier molecular flexibility index (Phi) is 5.06. The highest BCUT2D eigenvalue weighted by atomic mass is 79.9. The number of benzene rings is 2. The maximum absolute atomic E-state index is 12.6. The van der Waals surface area contributed by atoms with E-state index in [0.717, 1.165) is 5.56 Å². The van der Waals surface area contributed by atoms with Gasteiger partial charge < -0.3 is 4.74 Å². The van der Waals surface area contributed by atoms with Gasteiger partial charge in [0.05, 0.1) is 5.56 Å². The maximum atomic E-state index is 12.6. The van der Waals surface area contributed by atoms with Crippen molar-refractivity contribution in [1.82, 2.24) is 4.98 Å². The molecule has 3 rings (SSSR count). The number of ether oxygens (including phenoxy) is 1. The molecular formula is C20H16BrNO2. The Hall–Kier alpha value is -2.46. The molecule has 0 N–H and O–H groups in total. The molecule has 0 radical (unpaired) electrons. The van der Waals surface area contributed by atoms with Crippen LogP contribution in [-0.4, -0.2) is 10.8 Å². The molecule has 1 aromatic heterocycles. The summed E-state index contributed by atoms with van der Waals surface area (Å²) >= 11 is 3.32. The SMILES string of the molecule is Cc1cccc(COc2cccc(C(=O)c3cccnc3Br)c2)c1. The summed E-state index contributed by atoms with van der Waals surface area (Å²) in [7, 11) is 0. The van der Waals surface area contributed by atoms with E-state index in [1.165, 1.54) is 5.56 Å². The van der Waals surface area contributed by atoms with Crippen LogP contribution in [0.25, 0.3) is 0 Å². The molecule has 0 atom stereocenters. The molecule has 2 aromatic carbocycles. The average Bonchev–Trinajstić information content (AvgIpc) is 2.60. The van der Waals surface area contributed by atoms with Crippen LogP contribution in [0.5, 0.6) is 5.75 Å². The van der Waals surface area contributed by atoms with Crippen molar-refractivity contribution in [2.75, 3.05) is 0 Å². The van der Waals surface area contributed by atoms with Crippen LogP contribution in [0, 0.1) is 6.92 Å². The van der Waals surface area contributed by atoms with Gasteiger partial charge in [0.15, 0.2) is 5.78 Å². The van der Waals surface area contributed by atoms with Crippen LogP contribution < -0.4 is 4.74 Å². The summed E-state index contributed by atoms with van der Waals surface area (Å²) < 4.78 is 6.37. The molecule has 0 aliphatic heterocycles. The first-order valence-electron chi connectivity index (χ1n) is 7.57. The predicted octanol–water partition coefficient (Wildman–Crippen LogP) is 4.96. The lowest BCUT2D eigenvalue weighted by Gasteiger charge is -2.09. The van der Waals surface area contributed by atoms with Gasteiger partial charge in [-0.2, -0.15) is 0 Å². The Morgan fingerprint density at radius 2 is 1.92 bits per heavy atom. The van der Waals surface area contributed by atoms with Crippen LogP contribution in [0.2, 0.25) is 0 Å². The molecule has 1 heterocycles. The summed E-state index contributed by atoms with van der Waals surface area (Å²) in [5.41, 5.74) is 3.40. The van der Waals surface area contributed by atoms with E-state index in [1.807, 2.05) is 24.3 Å². The molecule has 0 bridgehead atoms. The monoisotopic (exact) mass is 381 g/mol. The van der Waals surface area contributed by atoms with Crippen molar-refractivity contribution in [2.45, 2.75) is 13.5 Å². The third kappa shape index (κ3) is 3.89.